The van der Waals surface area contributed by atoms with Crippen molar-refractivity contribution in [1.29, 1.82) is 0 Å². The number of thioether (sulfide) groups is 2. The molecule has 0 aromatic rings. The monoisotopic (exact) mass is 386 g/mol. The molecule has 7 nitrogen and oxygen atoms in total. The van der Waals surface area contributed by atoms with Gasteiger partial charge < -0.3 is 15.1 Å². The highest BCUT2D eigenvalue weighted by molar-refractivity contribution is 8.26. The van der Waals surface area contributed by atoms with Gasteiger partial charge in [-0.25, -0.2) is 0 Å². The minimum absolute atomic E-state index is 0.00200. The normalized spacial score (nSPS) is 21.1. The number of nitrogens with zero attached hydrogens (tertiary/aromatic N) is 2. The van der Waals surface area contributed by atoms with Crippen LogP contribution >= 0.6 is 35.7 Å². The van der Waals surface area contributed by atoms with Gasteiger partial charge in [0.25, 0.3) is 5.91 Å². The number of hydrogen-bond donors (Lipinski definition) is 2. The molecule has 10 heteroatoms. The van der Waals surface area contributed by atoms with Crippen molar-refractivity contribution in [2.45, 2.75) is 13.3 Å². The molecule has 2 N–H and O–H groups in total. The van der Waals surface area contributed by atoms with Crippen molar-refractivity contribution in [2.24, 2.45) is 0 Å². The van der Waals surface area contributed by atoms with Crippen LogP contribution in [-0.4, -0.2) is 55.3 Å². The summed E-state index contributed by atoms with van der Waals surface area (Å²) in [5.74, 6) is -2.43. The molecule has 128 valence electrons. The summed E-state index contributed by atoms with van der Waals surface area (Å²) in [5.41, 5.74) is 0.659. The molecule has 1 fully saturated rings. The van der Waals surface area contributed by atoms with Crippen LogP contribution in [0.25, 0.3) is 0 Å². The highest BCUT2D eigenvalue weighted by Gasteiger charge is 2.34. The highest BCUT2D eigenvalue weighted by Crippen LogP contribution is 2.36. The lowest BCUT2D eigenvalue weighted by atomic mass is 10.2. The van der Waals surface area contributed by atoms with Gasteiger partial charge >= 0.3 is 11.9 Å². The molecule has 0 radical (unpaired) electrons. The zero-order valence-electron chi connectivity index (χ0n) is 12.6. The van der Waals surface area contributed by atoms with Gasteiger partial charge in [-0.05, 0) is 24.0 Å². The molecule has 0 aromatic carbocycles. The Bertz CT molecular complexity index is 699. The van der Waals surface area contributed by atoms with Crippen molar-refractivity contribution in [3.8, 4) is 0 Å². The average molecular weight is 386 g/mol. The third kappa shape index (κ3) is 4.40. The summed E-state index contributed by atoms with van der Waals surface area (Å²) >= 11 is 7.56. The van der Waals surface area contributed by atoms with Gasteiger partial charge in [-0.15, -0.1) is 0 Å². The van der Waals surface area contributed by atoms with Crippen LogP contribution in [0.4, 0.5) is 0 Å². The molecule has 0 spiro atoms. The number of carboxylic acids is 2. The third-order valence-corrected chi connectivity index (χ3v) is 5.54. The molecule has 1 amide bonds. The zero-order valence-corrected chi connectivity index (χ0v) is 15.0. The summed E-state index contributed by atoms with van der Waals surface area (Å²) in [4.78, 5) is 37.1. The van der Waals surface area contributed by atoms with E-state index in [9.17, 15) is 14.4 Å². The molecular formula is C14H14N2O5S3. The standard InChI is InChI=1S/C14H14N2O5S3/c1-8(6-9-15(4-5-23-9)3-2-10(17)18)12-13(21)16(7-11(19)20)14(22)24-12/h4-6H,2-3,7H2,1H3,(H,17,18)(H,19,20). The maximum absolute atomic E-state index is 12.3. The van der Waals surface area contributed by atoms with E-state index in [1.807, 2.05) is 5.41 Å². The number of hydrogen-bond acceptors (Lipinski definition) is 7. The van der Waals surface area contributed by atoms with Gasteiger partial charge in [-0.1, -0.05) is 35.7 Å². The maximum atomic E-state index is 12.3. The Hall–Kier alpha value is -1.78. The summed E-state index contributed by atoms with van der Waals surface area (Å²) in [6.07, 6.45) is 3.56. The predicted octanol–water partition coefficient (Wildman–Crippen LogP) is 2.04. The lowest BCUT2D eigenvalue weighted by Gasteiger charge is -2.16. The first kappa shape index (κ1) is 18.6. The number of carbonyl (C=O) groups excluding carboxylic acids is 1. The first-order chi connectivity index (χ1) is 11.3. The van der Waals surface area contributed by atoms with Crippen LogP contribution in [0.15, 0.2) is 33.2 Å². The summed E-state index contributed by atoms with van der Waals surface area (Å²) < 4.78 is 0.218. The minimum Gasteiger partial charge on any atom is -0.481 e. The van der Waals surface area contributed by atoms with E-state index < -0.39 is 24.4 Å². The topological polar surface area (TPSA) is 98.2 Å². The molecule has 0 aromatic heterocycles. The van der Waals surface area contributed by atoms with E-state index in [2.05, 4.69) is 0 Å². The highest BCUT2D eigenvalue weighted by atomic mass is 32.2. The molecule has 0 unspecified atom stereocenters. The van der Waals surface area contributed by atoms with Gasteiger partial charge in [0.2, 0.25) is 0 Å². The summed E-state index contributed by atoms with van der Waals surface area (Å²) in [7, 11) is 0. The molecule has 0 atom stereocenters. The Morgan fingerprint density at radius 3 is 2.67 bits per heavy atom. The number of thiocarbonyl (C=S) groups is 1. The number of allylic oxidation sites excluding steroid dienone is 2. The molecule has 0 saturated carbocycles. The molecule has 2 rings (SSSR count). The van der Waals surface area contributed by atoms with Crippen LogP contribution < -0.4 is 0 Å². The molecule has 0 bridgehead atoms. The van der Waals surface area contributed by atoms with Crippen LogP contribution in [0.2, 0.25) is 0 Å². The lowest BCUT2D eigenvalue weighted by molar-refractivity contribution is -0.140. The van der Waals surface area contributed by atoms with Gasteiger partial charge in [0.15, 0.2) is 0 Å². The Kier molecular flexibility index (Phi) is 6.08. The van der Waals surface area contributed by atoms with E-state index >= 15 is 0 Å². The number of rotatable bonds is 6. The number of amides is 1. The van der Waals surface area contributed by atoms with Gasteiger partial charge in [-0.3, -0.25) is 19.3 Å². The third-order valence-electron chi connectivity index (χ3n) is 3.12. The van der Waals surface area contributed by atoms with Crippen molar-refractivity contribution in [1.82, 2.24) is 9.80 Å². The van der Waals surface area contributed by atoms with E-state index in [-0.39, 0.29) is 10.7 Å². The van der Waals surface area contributed by atoms with E-state index in [1.54, 1.807) is 24.1 Å². The van der Waals surface area contributed by atoms with Crippen LogP contribution in [0, 0.1) is 0 Å². The molecule has 1 saturated heterocycles. The Morgan fingerprint density at radius 1 is 1.33 bits per heavy atom. The number of carboxylic acid groups (broad SMARTS) is 2. The largest absolute Gasteiger partial charge is 0.481 e. The van der Waals surface area contributed by atoms with E-state index in [0.717, 1.165) is 21.7 Å². The van der Waals surface area contributed by atoms with Crippen molar-refractivity contribution >= 4 is 57.9 Å². The second-order valence-electron chi connectivity index (χ2n) is 4.89. The van der Waals surface area contributed by atoms with E-state index in [0.29, 0.717) is 17.0 Å². The maximum Gasteiger partial charge on any atom is 0.323 e. The van der Waals surface area contributed by atoms with Gasteiger partial charge in [0.05, 0.1) is 16.4 Å². The second-order valence-corrected chi connectivity index (χ2v) is 7.46. The number of aliphatic carboxylic acids is 2. The van der Waals surface area contributed by atoms with Gasteiger partial charge in [-0.2, -0.15) is 0 Å². The van der Waals surface area contributed by atoms with Crippen molar-refractivity contribution in [3.63, 3.8) is 0 Å². The zero-order chi connectivity index (χ0) is 17.9. The Morgan fingerprint density at radius 2 is 2.04 bits per heavy atom. The fourth-order valence-corrected chi connectivity index (χ4v) is 4.12. The molecule has 2 aliphatic rings. The Balaban J connectivity index is 2.18. The van der Waals surface area contributed by atoms with Crippen LogP contribution in [0.3, 0.4) is 0 Å². The van der Waals surface area contributed by atoms with Crippen LogP contribution in [-0.2, 0) is 14.4 Å². The molecule has 2 aliphatic heterocycles. The first-order valence-electron chi connectivity index (χ1n) is 6.79. The van der Waals surface area contributed by atoms with Crippen LogP contribution in [0.1, 0.15) is 13.3 Å². The smallest absolute Gasteiger partial charge is 0.323 e. The average Bonchev–Trinajstić information content (AvgIpc) is 3.04. The SMILES string of the molecule is CC(C=C1SC=CN1CCC(=O)O)=C1SC(=S)N(CC(=O)O)C1=O. The fourth-order valence-electron chi connectivity index (χ4n) is 2.00. The van der Waals surface area contributed by atoms with Crippen molar-refractivity contribution in [2.75, 3.05) is 13.1 Å². The van der Waals surface area contributed by atoms with Crippen LogP contribution in [0.5, 0.6) is 0 Å². The second kappa shape index (κ2) is 7.86. The van der Waals surface area contributed by atoms with E-state index in [4.69, 9.17) is 22.4 Å². The van der Waals surface area contributed by atoms with Gasteiger partial charge in [0.1, 0.15) is 10.9 Å². The van der Waals surface area contributed by atoms with Crippen molar-refractivity contribution in [3.05, 3.63) is 33.2 Å². The molecule has 0 aliphatic carbocycles. The summed E-state index contributed by atoms with van der Waals surface area (Å²) in [6.45, 7) is 1.62. The van der Waals surface area contributed by atoms with Gasteiger partial charge in [0, 0.05) is 12.7 Å². The Labute approximate surface area is 152 Å². The fraction of sp³-hybridized carbons (Fsp3) is 0.286. The summed E-state index contributed by atoms with van der Waals surface area (Å²) in [6, 6.07) is 0. The summed E-state index contributed by atoms with van der Waals surface area (Å²) in [5, 5.41) is 20.3. The number of carbonyl (C=O) groups is 3. The lowest BCUT2D eigenvalue weighted by Crippen LogP contribution is -2.33. The molecule has 2 heterocycles. The van der Waals surface area contributed by atoms with Crippen molar-refractivity contribution < 1.29 is 24.6 Å². The molecule has 24 heavy (non-hydrogen) atoms. The first-order valence-corrected chi connectivity index (χ1v) is 8.90. The minimum atomic E-state index is -1.13. The predicted molar refractivity (Wildman–Crippen MR) is 96.0 cm³/mol. The van der Waals surface area contributed by atoms with E-state index in [1.165, 1.54) is 11.8 Å². The quantitative estimate of drug-likeness (QED) is 0.525. The molecular weight excluding hydrogens is 372 g/mol.